The number of anilines is 1. The predicted octanol–water partition coefficient (Wildman–Crippen LogP) is 0.979. The van der Waals surface area contributed by atoms with Gasteiger partial charge in [0.25, 0.3) is 0 Å². The number of nitrogens with two attached hydrogens (primary N) is 1. The van der Waals surface area contributed by atoms with Crippen LogP contribution >= 0.6 is 0 Å². The number of nitrogen functional groups attached to an aromatic ring is 1. The van der Waals surface area contributed by atoms with Crippen molar-refractivity contribution in [2.45, 2.75) is 26.3 Å². The van der Waals surface area contributed by atoms with Gasteiger partial charge < -0.3 is 15.0 Å². The molecular formula is C9H15N3O2. The van der Waals surface area contributed by atoms with Crippen molar-refractivity contribution in [1.29, 1.82) is 0 Å². The normalized spacial score (nSPS) is 12.4. The predicted molar refractivity (Wildman–Crippen MR) is 52.6 cm³/mol. The van der Waals surface area contributed by atoms with Gasteiger partial charge in [0.05, 0.1) is 12.9 Å². The summed E-state index contributed by atoms with van der Waals surface area (Å²) in [5.74, 6) is 0.167. The van der Waals surface area contributed by atoms with Crippen LogP contribution in [0, 0.1) is 0 Å². The lowest BCUT2D eigenvalue weighted by atomic mass is 10.2. The molecule has 0 radical (unpaired) electrons. The average molecular weight is 197 g/mol. The van der Waals surface area contributed by atoms with Crippen LogP contribution in [0.15, 0.2) is 12.5 Å². The molecule has 14 heavy (non-hydrogen) atoms. The molecule has 5 heteroatoms. The van der Waals surface area contributed by atoms with E-state index in [0.29, 0.717) is 18.8 Å². The molecule has 0 fully saturated rings. The fourth-order valence-electron chi connectivity index (χ4n) is 1.26. The van der Waals surface area contributed by atoms with E-state index in [1.165, 1.54) is 0 Å². The minimum absolute atomic E-state index is 0.243. The summed E-state index contributed by atoms with van der Waals surface area (Å²) < 4.78 is 6.60. The summed E-state index contributed by atoms with van der Waals surface area (Å²) in [6.07, 6.45) is 3.83. The molecule has 1 unspecified atom stereocenters. The number of rotatable bonds is 4. The van der Waals surface area contributed by atoms with Crippen molar-refractivity contribution in [3.8, 4) is 0 Å². The van der Waals surface area contributed by atoms with Gasteiger partial charge in [0.15, 0.2) is 0 Å². The standard InChI is InChI=1S/C9H15N3O2/c1-3-7(9(13)14-4-2)12-5-8(10)11-6-12/h5-7H,3-4,10H2,1-2H3. The van der Waals surface area contributed by atoms with Crippen molar-refractivity contribution in [3.63, 3.8) is 0 Å². The molecule has 5 nitrogen and oxygen atoms in total. The zero-order valence-electron chi connectivity index (χ0n) is 8.43. The fraction of sp³-hybridized carbons (Fsp3) is 0.556. The molecule has 0 saturated heterocycles. The molecule has 0 amide bonds. The van der Waals surface area contributed by atoms with Gasteiger partial charge in [-0.1, -0.05) is 6.92 Å². The lowest BCUT2D eigenvalue weighted by Gasteiger charge is -2.14. The maximum absolute atomic E-state index is 11.5. The molecule has 0 bridgehead atoms. The highest BCUT2D eigenvalue weighted by molar-refractivity contribution is 5.74. The van der Waals surface area contributed by atoms with E-state index in [0.717, 1.165) is 0 Å². The number of ether oxygens (including phenoxy) is 1. The zero-order valence-corrected chi connectivity index (χ0v) is 8.43. The van der Waals surface area contributed by atoms with Gasteiger partial charge in [-0.2, -0.15) is 0 Å². The Hall–Kier alpha value is -1.52. The third kappa shape index (κ3) is 2.25. The Bertz CT molecular complexity index is 309. The Morgan fingerprint density at radius 1 is 1.71 bits per heavy atom. The molecule has 2 N–H and O–H groups in total. The van der Waals surface area contributed by atoms with Gasteiger partial charge in [0, 0.05) is 6.20 Å². The van der Waals surface area contributed by atoms with Crippen LogP contribution in [0.1, 0.15) is 26.3 Å². The Balaban J connectivity index is 2.76. The maximum Gasteiger partial charge on any atom is 0.329 e. The third-order valence-corrected chi connectivity index (χ3v) is 1.93. The minimum Gasteiger partial charge on any atom is -0.464 e. The molecule has 0 aromatic carbocycles. The Labute approximate surface area is 82.9 Å². The highest BCUT2D eigenvalue weighted by atomic mass is 16.5. The number of aromatic nitrogens is 2. The molecule has 1 atom stereocenters. The molecule has 78 valence electrons. The van der Waals surface area contributed by atoms with Crippen molar-refractivity contribution in [2.24, 2.45) is 0 Å². The summed E-state index contributed by atoms with van der Waals surface area (Å²) >= 11 is 0. The summed E-state index contributed by atoms with van der Waals surface area (Å²) in [4.78, 5) is 15.3. The van der Waals surface area contributed by atoms with Gasteiger partial charge in [-0.3, -0.25) is 0 Å². The molecule has 1 aromatic heterocycles. The second kappa shape index (κ2) is 4.64. The SMILES string of the molecule is CCOC(=O)C(CC)n1cnc(N)c1. The van der Waals surface area contributed by atoms with Gasteiger partial charge in [-0.25, -0.2) is 9.78 Å². The van der Waals surface area contributed by atoms with Gasteiger partial charge in [0.1, 0.15) is 11.9 Å². The van der Waals surface area contributed by atoms with Crippen LogP contribution < -0.4 is 5.73 Å². The molecule has 0 saturated carbocycles. The van der Waals surface area contributed by atoms with Crippen molar-refractivity contribution in [3.05, 3.63) is 12.5 Å². The Morgan fingerprint density at radius 2 is 2.43 bits per heavy atom. The van der Waals surface area contributed by atoms with E-state index in [-0.39, 0.29) is 12.0 Å². The molecular weight excluding hydrogens is 182 g/mol. The van der Waals surface area contributed by atoms with Gasteiger partial charge in [-0.15, -0.1) is 0 Å². The molecule has 1 aromatic rings. The van der Waals surface area contributed by atoms with Crippen molar-refractivity contribution in [1.82, 2.24) is 9.55 Å². The topological polar surface area (TPSA) is 70.1 Å². The van der Waals surface area contributed by atoms with Crippen LogP contribution in [0.25, 0.3) is 0 Å². The number of hydrogen-bond acceptors (Lipinski definition) is 4. The van der Waals surface area contributed by atoms with Crippen LogP contribution in [0.4, 0.5) is 5.82 Å². The quantitative estimate of drug-likeness (QED) is 0.730. The molecule has 0 aliphatic heterocycles. The third-order valence-electron chi connectivity index (χ3n) is 1.93. The Kier molecular flexibility index (Phi) is 3.50. The first kappa shape index (κ1) is 10.6. The lowest BCUT2D eigenvalue weighted by Crippen LogP contribution is -2.20. The maximum atomic E-state index is 11.5. The first-order valence-electron chi connectivity index (χ1n) is 4.64. The van der Waals surface area contributed by atoms with Crippen LogP contribution in [-0.4, -0.2) is 22.1 Å². The first-order valence-corrected chi connectivity index (χ1v) is 4.64. The second-order valence-electron chi connectivity index (χ2n) is 2.92. The van der Waals surface area contributed by atoms with Gasteiger partial charge >= 0.3 is 5.97 Å². The molecule has 0 spiro atoms. The zero-order chi connectivity index (χ0) is 10.6. The molecule has 0 aliphatic carbocycles. The monoisotopic (exact) mass is 197 g/mol. The summed E-state index contributed by atoms with van der Waals surface area (Å²) in [5.41, 5.74) is 5.46. The summed E-state index contributed by atoms with van der Waals surface area (Å²) in [6, 6.07) is -0.320. The van der Waals surface area contributed by atoms with Gasteiger partial charge in [-0.05, 0) is 13.3 Å². The van der Waals surface area contributed by atoms with E-state index in [9.17, 15) is 4.79 Å². The van der Waals surface area contributed by atoms with E-state index in [2.05, 4.69) is 4.98 Å². The number of imidazole rings is 1. The van der Waals surface area contributed by atoms with E-state index in [1.54, 1.807) is 24.0 Å². The number of carbonyl (C=O) groups excluding carboxylic acids is 1. The summed E-state index contributed by atoms with van der Waals surface area (Å²) in [5, 5.41) is 0. The second-order valence-corrected chi connectivity index (χ2v) is 2.92. The summed E-state index contributed by atoms with van der Waals surface area (Å²) in [6.45, 7) is 4.09. The van der Waals surface area contributed by atoms with Crippen LogP contribution in [0.5, 0.6) is 0 Å². The van der Waals surface area contributed by atoms with E-state index < -0.39 is 0 Å². The largest absolute Gasteiger partial charge is 0.464 e. The van der Waals surface area contributed by atoms with E-state index in [1.807, 2.05) is 6.92 Å². The molecule has 0 aliphatic rings. The minimum atomic E-state index is -0.320. The average Bonchev–Trinajstić information content (AvgIpc) is 2.54. The molecule has 1 rings (SSSR count). The van der Waals surface area contributed by atoms with E-state index >= 15 is 0 Å². The summed E-state index contributed by atoms with van der Waals surface area (Å²) in [7, 11) is 0. The smallest absolute Gasteiger partial charge is 0.329 e. The number of esters is 1. The van der Waals surface area contributed by atoms with Crippen molar-refractivity contribution >= 4 is 11.8 Å². The highest BCUT2D eigenvalue weighted by Gasteiger charge is 2.19. The molecule has 1 heterocycles. The van der Waals surface area contributed by atoms with E-state index in [4.69, 9.17) is 10.5 Å². The van der Waals surface area contributed by atoms with Gasteiger partial charge in [0.2, 0.25) is 0 Å². The number of hydrogen-bond donors (Lipinski definition) is 1. The highest BCUT2D eigenvalue weighted by Crippen LogP contribution is 2.14. The van der Waals surface area contributed by atoms with Crippen LogP contribution in [0.2, 0.25) is 0 Å². The van der Waals surface area contributed by atoms with Crippen LogP contribution in [0.3, 0.4) is 0 Å². The lowest BCUT2D eigenvalue weighted by molar-refractivity contribution is -0.147. The Morgan fingerprint density at radius 3 is 2.86 bits per heavy atom. The van der Waals surface area contributed by atoms with Crippen molar-refractivity contribution in [2.75, 3.05) is 12.3 Å². The first-order chi connectivity index (χ1) is 6.69. The number of carbonyl (C=O) groups is 1. The number of nitrogens with zero attached hydrogens (tertiary/aromatic N) is 2. The van der Waals surface area contributed by atoms with Crippen molar-refractivity contribution < 1.29 is 9.53 Å². The fourth-order valence-corrected chi connectivity index (χ4v) is 1.26. The van der Waals surface area contributed by atoms with Crippen LogP contribution in [-0.2, 0) is 9.53 Å².